The molecule has 0 saturated heterocycles. The Labute approximate surface area is 227 Å². The largest absolute Gasteiger partial charge is 0.480 e. The number of rotatable bonds is 20. The van der Waals surface area contributed by atoms with Crippen LogP contribution in [0.25, 0.3) is 0 Å². The molecule has 0 saturated carbocycles. The molecule has 226 valence electrons. The Morgan fingerprint density at radius 1 is 0.667 bits per heavy atom. The molecule has 0 aliphatic rings. The summed E-state index contributed by atoms with van der Waals surface area (Å²) in [4.78, 5) is 62.1. The molecule has 0 aromatic rings. The molecule has 0 heterocycles. The van der Waals surface area contributed by atoms with Crippen LogP contribution in [0, 0.1) is 0 Å². The average Bonchev–Trinajstić information content (AvgIpc) is 2.87. The number of aliphatic hydroxyl groups is 3. The van der Waals surface area contributed by atoms with E-state index in [-0.39, 0.29) is 6.42 Å². The summed E-state index contributed by atoms with van der Waals surface area (Å²) in [6.45, 7) is 2.27. The third kappa shape index (κ3) is 13.6. The van der Waals surface area contributed by atoms with Crippen LogP contribution in [0.2, 0.25) is 0 Å². The van der Waals surface area contributed by atoms with E-state index in [1.54, 1.807) is 0 Å². The van der Waals surface area contributed by atoms with E-state index >= 15 is 0 Å². The van der Waals surface area contributed by atoms with E-state index in [0.717, 1.165) is 0 Å². The van der Waals surface area contributed by atoms with Crippen molar-refractivity contribution in [1.29, 1.82) is 0 Å². The van der Waals surface area contributed by atoms with Gasteiger partial charge in [-0.1, -0.05) is 6.42 Å². The van der Waals surface area contributed by atoms with E-state index in [1.165, 1.54) is 13.8 Å². The minimum atomic E-state index is -1.62. The summed E-state index contributed by atoms with van der Waals surface area (Å²) >= 11 is 0. The van der Waals surface area contributed by atoms with Crippen LogP contribution in [0.5, 0.6) is 0 Å². The number of nitrogens with one attached hydrogen (secondary N) is 4. The van der Waals surface area contributed by atoms with Gasteiger partial charge >= 0.3 is 5.97 Å². The van der Waals surface area contributed by atoms with Gasteiger partial charge in [-0.15, -0.1) is 0 Å². The summed E-state index contributed by atoms with van der Waals surface area (Å²) < 4.78 is 0. The molecular weight excluding hydrogens is 518 g/mol. The number of carboxylic acids is 1. The lowest BCUT2D eigenvalue weighted by molar-refractivity contribution is -0.143. The highest BCUT2D eigenvalue weighted by Crippen LogP contribution is 2.06. The Bertz CT molecular complexity index is 798. The first-order valence-corrected chi connectivity index (χ1v) is 12.9. The molecule has 0 bridgehead atoms. The third-order valence-corrected chi connectivity index (χ3v) is 5.81. The van der Waals surface area contributed by atoms with Crippen LogP contribution >= 0.6 is 0 Å². The van der Waals surface area contributed by atoms with Crippen molar-refractivity contribution in [1.82, 2.24) is 21.3 Å². The van der Waals surface area contributed by atoms with Gasteiger partial charge in [0.05, 0.1) is 24.9 Å². The quantitative estimate of drug-likeness (QED) is 0.0623. The number of hydrogen-bond acceptors (Lipinski definition) is 11. The monoisotopic (exact) mass is 563 g/mol. The Morgan fingerprint density at radius 2 is 1.10 bits per heavy atom. The molecule has 0 unspecified atom stereocenters. The SMILES string of the molecule is C[C@@H](O)[C@H](NC(=O)[C@@H](NC(=O)[C@@H](N)CCCCN)[C@@H](C)O)C(=O)N[C@@H](CCCCN)C(=O)N[C@@H](CO)C(=O)O. The smallest absolute Gasteiger partial charge is 0.328 e. The number of carboxylic acid groups (broad SMARTS) is 1. The van der Waals surface area contributed by atoms with E-state index in [4.69, 9.17) is 22.3 Å². The highest BCUT2D eigenvalue weighted by Gasteiger charge is 2.35. The summed E-state index contributed by atoms with van der Waals surface area (Å²) in [6.07, 6.45) is -0.453. The first kappa shape index (κ1) is 36.1. The predicted octanol–water partition coefficient (Wildman–Crippen LogP) is -4.65. The standard InChI is InChI=1S/C23H45N7O9/c1-12(32)17(30-22(37)18(13(2)33)29-19(34)14(26)7-3-5-9-24)21(36)27-15(8-4-6-10-25)20(35)28-16(11-31)23(38)39/h12-18,31-33H,3-11,24-26H2,1-2H3,(H,27,36)(H,28,35)(H,29,34)(H,30,37)(H,38,39)/t12-,13-,14+,15+,16+,17+,18+/m1/s1. The second-order valence-corrected chi connectivity index (χ2v) is 9.27. The second kappa shape index (κ2) is 19.2. The maximum absolute atomic E-state index is 13.0. The predicted molar refractivity (Wildman–Crippen MR) is 140 cm³/mol. The zero-order valence-corrected chi connectivity index (χ0v) is 22.5. The Hall–Kier alpha value is -2.89. The van der Waals surface area contributed by atoms with Gasteiger partial charge in [-0.3, -0.25) is 19.2 Å². The molecule has 7 atom stereocenters. The summed E-state index contributed by atoms with van der Waals surface area (Å²) in [7, 11) is 0. The van der Waals surface area contributed by atoms with Crippen molar-refractivity contribution in [2.24, 2.45) is 17.2 Å². The van der Waals surface area contributed by atoms with Crippen molar-refractivity contribution in [2.75, 3.05) is 19.7 Å². The average molecular weight is 564 g/mol. The maximum atomic E-state index is 13.0. The number of amides is 4. The molecule has 16 nitrogen and oxygen atoms in total. The number of carbonyl (C=O) groups excluding carboxylic acids is 4. The summed E-state index contributed by atoms with van der Waals surface area (Å²) in [6, 6.07) is -7.00. The lowest BCUT2D eigenvalue weighted by Gasteiger charge is -2.28. The number of unbranched alkanes of at least 4 members (excludes halogenated alkanes) is 2. The Morgan fingerprint density at radius 3 is 1.54 bits per heavy atom. The third-order valence-electron chi connectivity index (χ3n) is 5.81. The normalized spacial score (nSPS) is 16.5. The van der Waals surface area contributed by atoms with E-state index < -0.39 is 78.6 Å². The number of hydrogen-bond donors (Lipinski definition) is 11. The molecule has 0 aromatic carbocycles. The van der Waals surface area contributed by atoms with Crippen molar-refractivity contribution in [3.05, 3.63) is 0 Å². The first-order valence-electron chi connectivity index (χ1n) is 12.9. The van der Waals surface area contributed by atoms with E-state index in [0.29, 0.717) is 45.2 Å². The number of nitrogens with two attached hydrogens (primary N) is 3. The number of aliphatic hydroxyl groups excluding tert-OH is 3. The maximum Gasteiger partial charge on any atom is 0.328 e. The lowest BCUT2D eigenvalue weighted by atomic mass is 10.0. The molecular formula is C23H45N7O9. The van der Waals surface area contributed by atoms with Gasteiger partial charge in [-0.25, -0.2) is 4.79 Å². The summed E-state index contributed by atoms with van der Waals surface area (Å²) in [5, 5.41) is 47.6. The van der Waals surface area contributed by atoms with Gasteiger partial charge in [0, 0.05) is 0 Å². The van der Waals surface area contributed by atoms with Crippen LogP contribution in [-0.4, -0.2) is 112 Å². The van der Waals surface area contributed by atoms with Gasteiger partial charge in [0.15, 0.2) is 0 Å². The minimum absolute atomic E-state index is 0.0431. The second-order valence-electron chi connectivity index (χ2n) is 9.27. The molecule has 0 aromatic heterocycles. The summed E-state index contributed by atoms with van der Waals surface area (Å²) in [5.74, 6) is -5.09. The van der Waals surface area contributed by atoms with Crippen LogP contribution < -0.4 is 38.5 Å². The van der Waals surface area contributed by atoms with Crippen LogP contribution in [0.1, 0.15) is 52.4 Å². The van der Waals surface area contributed by atoms with Crippen molar-refractivity contribution in [3.8, 4) is 0 Å². The van der Waals surface area contributed by atoms with Gasteiger partial charge < -0.3 is 58.9 Å². The van der Waals surface area contributed by atoms with Crippen molar-refractivity contribution < 1.29 is 44.4 Å². The molecule has 0 aliphatic heterocycles. The molecule has 0 spiro atoms. The first-order chi connectivity index (χ1) is 18.3. The van der Waals surface area contributed by atoms with Gasteiger partial charge in [-0.2, -0.15) is 0 Å². The minimum Gasteiger partial charge on any atom is -0.480 e. The fourth-order valence-electron chi connectivity index (χ4n) is 3.43. The topological polar surface area (TPSA) is 292 Å². The van der Waals surface area contributed by atoms with Crippen molar-refractivity contribution in [2.45, 2.75) is 94.8 Å². The molecule has 0 aliphatic carbocycles. The molecule has 14 N–H and O–H groups in total. The highest BCUT2D eigenvalue weighted by molar-refractivity contribution is 5.95. The van der Waals surface area contributed by atoms with Crippen LogP contribution in [0.3, 0.4) is 0 Å². The van der Waals surface area contributed by atoms with Gasteiger partial charge in [0.1, 0.15) is 24.2 Å². The van der Waals surface area contributed by atoms with Gasteiger partial charge in [0.2, 0.25) is 23.6 Å². The number of aliphatic carboxylic acids is 1. The molecule has 16 heteroatoms. The van der Waals surface area contributed by atoms with E-state index in [1.807, 2.05) is 0 Å². The fraction of sp³-hybridized carbons (Fsp3) is 0.783. The number of carbonyl (C=O) groups is 5. The van der Waals surface area contributed by atoms with Crippen molar-refractivity contribution in [3.63, 3.8) is 0 Å². The van der Waals surface area contributed by atoms with Crippen LogP contribution in [0.4, 0.5) is 0 Å². The molecule has 39 heavy (non-hydrogen) atoms. The Kier molecular flexibility index (Phi) is 17.8. The van der Waals surface area contributed by atoms with Gasteiger partial charge in [-0.05, 0) is 59.0 Å². The van der Waals surface area contributed by atoms with E-state index in [2.05, 4.69) is 21.3 Å². The summed E-state index contributed by atoms with van der Waals surface area (Å²) in [5.41, 5.74) is 16.7. The van der Waals surface area contributed by atoms with Crippen LogP contribution in [-0.2, 0) is 24.0 Å². The zero-order valence-electron chi connectivity index (χ0n) is 22.5. The molecule has 0 rings (SSSR count). The molecule has 0 fully saturated rings. The van der Waals surface area contributed by atoms with Gasteiger partial charge in [0.25, 0.3) is 0 Å². The fourth-order valence-corrected chi connectivity index (χ4v) is 3.43. The molecule has 4 amide bonds. The lowest BCUT2D eigenvalue weighted by Crippen LogP contribution is -2.62. The van der Waals surface area contributed by atoms with Crippen molar-refractivity contribution >= 4 is 29.6 Å². The highest BCUT2D eigenvalue weighted by atomic mass is 16.4. The van der Waals surface area contributed by atoms with E-state index in [9.17, 15) is 39.3 Å². The Balaban J connectivity index is 5.57. The van der Waals surface area contributed by atoms with Crippen LogP contribution in [0.15, 0.2) is 0 Å². The zero-order chi connectivity index (χ0) is 30.1. The molecule has 0 radical (unpaired) electrons.